The number of carbonyl (C=O) groups is 1. The van der Waals surface area contributed by atoms with Crippen molar-refractivity contribution in [2.45, 2.75) is 31.1 Å². The molecule has 2 aromatic carbocycles. The molecule has 1 saturated carbocycles. The van der Waals surface area contributed by atoms with Crippen LogP contribution in [-0.2, 0) is 5.41 Å². The van der Waals surface area contributed by atoms with E-state index >= 15 is 0 Å². The summed E-state index contributed by atoms with van der Waals surface area (Å²) in [4.78, 5) is 13.0. The molecular weight excluding hydrogens is 390 g/mol. The van der Waals surface area contributed by atoms with Crippen LogP contribution in [0, 0.1) is 0 Å². The molecule has 1 N–H and O–H groups in total. The summed E-state index contributed by atoms with van der Waals surface area (Å²) in [5.74, 6) is 0.201. The zero-order valence-corrected chi connectivity index (χ0v) is 16.9. The van der Waals surface area contributed by atoms with Gasteiger partial charge in [0.15, 0.2) is 0 Å². The molecule has 1 aromatic heterocycles. The van der Waals surface area contributed by atoms with E-state index in [0.29, 0.717) is 28.6 Å². The molecule has 1 amide bonds. The fourth-order valence-corrected chi connectivity index (χ4v) is 4.34. The predicted molar refractivity (Wildman–Crippen MR) is 110 cm³/mol. The van der Waals surface area contributed by atoms with Crippen LogP contribution < -0.4 is 10.1 Å². The predicted octanol–water partition coefficient (Wildman–Crippen LogP) is 3.57. The van der Waals surface area contributed by atoms with Gasteiger partial charge in [0.2, 0.25) is 0 Å². The molecule has 1 fully saturated rings. The van der Waals surface area contributed by atoms with Crippen molar-refractivity contribution in [3.05, 3.63) is 64.9 Å². The lowest BCUT2D eigenvalue weighted by molar-refractivity contribution is 0.0940. The Balaban J connectivity index is 1.57. The maximum absolute atomic E-state index is 13.0. The molecule has 1 aliphatic rings. The molecule has 1 aliphatic carbocycles. The third-order valence-corrected chi connectivity index (χ3v) is 5.95. The van der Waals surface area contributed by atoms with Crippen LogP contribution in [0.4, 0.5) is 0 Å². The Hall–Kier alpha value is -2.93. The van der Waals surface area contributed by atoms with Crippen molar-refractivity contribution in [2.24, 2.45) is 0 Å². The molecule has 1 heterocycles. The van der Waals surface area contributed by atoms with Gasteiger partial charge in [-0.05, 0) is 34.9 Å². The van der Waals surface area contributed by atoms with Gasteiger partial charge in [-0.1, -0.05) is 54.8 Å². The summed E-state index contributed by atoms with van der Waals surface area (Å²) in [7, 11) is 1.52. The molecule has 0 aliphatic heterocycles. The second-order valence-corrected chi connectivity index (χ2v) is 7.70. The number of halogens is 1. The van der Waals surface area contributed by atoms with Crippen LogP contribution in [0.2, 0.25) is 5.02 Å². The van der Waals surface area contributed by atoms with Crippen LogP contribution in [0.5, 0.6) is 5.75 Å². The molecule has 7 nitrogen and oxygen atoms in total. The molecule has 0 saturated heterocycles. The molecule has 0 spiro atoms. The van der Waals surface area contributed by atoms with Crippen LogP contribution in [-0.4, -0.2) is 39.8 Å². The highest BCUT2D eigenvalue weighted by Crippen LogP contribution is 2.40. The quantitative estimate of drug-likeness (QED) is 0.670. The highest BCUT2D eigenvalue weighted by molar-refractivity contribution is 6.33. The molecule has 0 atom stereocenters. The Morgan fingerprint density at radius 1 is 1.24 bits per heavy atom. The highest BCUT2D eigenvalue weighted by Gasteiger charge is 2.36. The van der Waals surface area contributed by atoms with Crippen LogP contribution in [0.15, 0.2) is 48.8 Å². The summed E-state index contributed by atoms with van der Waals surface area (Å²) in [6, 6.07) is 13.7. The van der Waals surface area contributed by atoms with E-state index < -0.39 is 0 Å². The van der Waals surface area contributed by atoms with E-state index in [1.54, 1.807) is 12.1 Å². The number of methoxy groups -OCH3 is 1. The summed E-state index contributed by atoms with van der Waals surface area (Å²) in [5.41, 5.74) is 2.18. The summed E-state index contributed by atoms with van der Waals surface area (Å²) in [5, 5.41) is 14.6. The normalized spacial score (nSPS) is 15.2. The van der Waals surface area contributed by atoms with E-state index in [1.165, 1.54) is 36.5 Å². The fraction of sp³-hybridized carbons (Fsp3) is 0.333. The number of rotatable bonds is 6. The standard InChI is InChI=1S/C21H22ClN5O2/c1-29-19-12-18(27-14-24-25-26-27)17(22)11-16(19)20(28)23-13-21(9-5-6-10-21)15-7-3-2-4-8-15/h2-4,7-8,11-12,14H,5-6,9-10,13H2,1H3,(H,23,28). The van der Waals surface area contributed by atoms with Crippen LogP contribution in [0.25, 0.3) is 5.69 Å². The molecule has 150 valence electrons. The number of tetrazole rings is 1. The number of ether oxygens (including phenoxy) is 1. The maximum Gasteiger partial charge on any atom is 0.255 e. The lowest BCUT2D eigenvalue weighted by Gasteiger charge is -2.30. The molecule has 0 bridgehead atoms. The van der Waals surface area contributed by atoms with Gasteiger partial charge in [-0.3, -0.25) is 4.79 Å². The van der Waals surface area contributed by atoms with Gasteiger partial charge in [0.1, 0.15) is 12.1 Å². The van der Waals surface area contributed by atoms with E-state index in [1.807, 2.05) is 6.07 Å². The number of hydrogen-bond donors (Lipinski definition) is 1. The zero-order valence-electron chi connectivity index (χ0n) is 16.1. The van der Waals surface area contributed by atoms with Gasteiger partial charge in [0, 0.05) is 18.0 Å². The second kappa shape index (κ2) is 8.21. The summed E-state index contributed by atoms with van der Waals surface area (Å²) in [6.45, 7) is 0.575. The number of carbonyl (C=O) groups excluding carboxylic acids is 1. The van der Waals surface area contributed by atoms with Gasteiger partial charge in [-0.2, -0.15) is 4.68 Å². The Morgan fingerprint density at radius 2 is 2.00 bits per heavy atom. The van der Waals surface area contributed by atoms with Crippen molar-refractivity contribution in [1.29, 1.82) is 0 Å². The molecule has 4 rings (SSSR count). The van der Waals surface area contributed by atoms with Crippen molar-refractivity contribution in [2.75, 3.05) is 13.7 Å². The van der Waals surface area contributed by atoms with E-state index in [2.05, 4.69) is 45.1 Å². The molecule has 29 heavy (non-hydrogen) atoms. The van der Waals surface area contributed by atoms with E-state index in [9.17, 15) is 4.79 Å². The molecule has 8 heteroatoms. The summed E-state index contributed by atoms with van der Waals surface area (Å²) < 4.78 is 6.87. The first kappa shape index (κ1) is 19.4. The minimum absolute atomic E-state index is 0.0275. The Kier molecular flexibility index (Phi) is 5.49. The minimum Gasteiger partial charge on any atom is -0.496 e. The van der Waals surface area contributed by atoms with Gasteiger partial charge in [0.25, 0.3) is 5.91 Å². The zero-order chi connectivity index (χ0) is 20.3. The molecular formula is C21H22ClN5O2. The van der Waals surface area contributed by atoms with E-state index in [0.717, 1.165) is 12.8 Å². The smallest absolute Gasteiger partial charge is 0.255 e. The first-order valence-electron chi connectivity index (χ1n) is 9.58. The fourth-order valence-electron chi connectivity index (χ4n) is 4.09. The third kappa shape index (κ3) is 3.82. The van der Waals surface area contributed by atoms with Crippen LogP contribution in [0.3, 0.4) is 0 Å². The van der Waals surface area contributed by atoms with Gasteiger partial charge < -0.3 is 10.1 Å². The first-order valence-corrected chi connectivity index (χ1v) is 9.95. The van der Waals surface area contributed by atoms with Crippen LogP contribution in [0.1, 0.15) is 41.6 Å². The van der Waals surface area contributed by atoms with Crippen molar-refractivity contribution >= 4 is 17.5 Å². The SMILES string of the molecule is COc1cc(-n2cnnn2)c(Cl)cc1C(=O)NCC1(c2ccccc2)CCCC1. The highest BCUT2D eigenvalue weighted by atomic mass is 35.5. The van der Waals surface area contributed by atoms with Gasteiger partial charge >= 0.3 is 0 Å². The average molecular weight is 412 g/mol. The van der Waals surface area contributed by atoms with Crippen molar-refractivity contribution in [1.82, 2.24) is 25.5 Å². The Bertz CT molecular complexity index is 986. The topological polar surface area (TPSA) is 81.9 Å². The second-order valence-electron chi connectivity index (χ2n) is 7.29. The van der Waals surface area contributed by atoms with Crippen molar-refractivity contribution in [3.63, 3.8) is 0 Å². The van der Waals surface area contributed by atoms with Crippen molar-refractivity contribution in [3.8, 4) is 11.4 Å². The van der Waals surface area contributed by atoms with E-state index in [-0.39, 0.29) is 11.3 Å². The first-order chi connectivity index (χ1) is 14.1. The number of nitrogens with zero attached hydrogens (tertiary/aromatic N) is 4. The third-order valence-electron chi connectivity index (χ3n) is 5.64. The maximum atomic E-state index is 13.0. The van der Waals surface area contributed by atoms with Gasteiger partial charge in [0.05, 0.1) is 23.4 Å². The monoisotopic (exact) mass is 411 g/mol. The molecule has 3 aromatic rings. The van der Waals surface area contributed by atoms with E-state index in [4.69, 9.17) is 16.3 Å². The average Bonchev–Trinajstić information content (AvgIpc) is 3.45. The Morgan fingerprint density at radius 3 is 2.66 bits per heavy atom. The number of benzene rings is 2. The van der Waals surface area contributed by atoms with Crippen LogP contribution >= 0.6 is 11.6 Å². The number of hydrogen-bond acceptors (Lipinski definition) is 5. The lowest BCUT2D eigenvalue weighted by Crippen LogP contribution is -2.39. The minimum atomic E-state index is -0.214. The summed E-state index contributed by atoms with van der Waals surface area (Å²) >= 11 is 6.39. The lowest BCUT2D eigenvalue weighted by atomic mass is 9.79. The largest absolute Gasteiger partial charge is 0.496 e. The Labute approximate surface area is 174 Å². The number of nitrogens with one attached hydrogen (secondary N) is 1. The number of amides is 1. The van der Waals surface area contributed by atoms with Gasteiger partial charge in [-0.25, -0.2) is 0 Å². The van der Waals surface area contributed by atoms with Crippen molar-refractivity contribution < 1.29 is 9.53 Å². The molecule has 0 radical (unpaired) electrons. The summed E-state index contributed by atoms with van der Waals surface area (Å²) in [6.07, 6.45) is 5.89. The number of aromatic nitrogens is 4. The van der Waals surface area contributed by atoms with Gasteiger partial charge in [-0.15, -0.1) is 5.10 Å². The molecule has 0 unspecified atom stereocenters.